The molecule has 2 heterocycles. The largest absolute Gasteiger partial charge is 0.457 e. The molecule has 0 aliphatic heterocycles. The first-order valence-electron chi connectivity index (χ1n) is 8.54. The number of nitrogens with zero attached hydrogens (tertiary/aromatic N) is 2. The lowest BCUT2D eigenvalue weighted by molar-refractivity contribution is -0.141. The molecule has 136 valence electrons. The lowest BCUT2D eigenvalue weighted by Crippen LogP contribution is -2.16. The van der Waals surface area contributed by atoms with E-state index in [4.69, 9.17) is 4.74 Å². The van der Waals surface area contributed by atoms with E-state index in [1.54, 1.807) is 0 Å². The second-order valence-electron chi connectivity index (χ2n) is 6.74. The highest BCUT2D eigenvalue weighted by atomic mass is 32.1. The van der Waals surface area contributed by atoms with E-state index in [1.165, 1.54) is 11.3 Å². The molecule has 0 amide bonds. The van der Waals surface area contributed by atoms with Crippen LogP contribution in [0.15, 0.2) is 11.4 Å². The van der Waals surface area contributed by atoms with Crippen molar-refractivity contribution in [1.29, 1.82) is 0 Å². The number of ether oxygens (including phenoxy) is 1. The first-order chi connectivity index (χ1) is 11.8. The van der Waals surface area contributed by atoms with Gasteiger partial charge in [0.1, 0.15) is 0 Å². The van der Waals surface area contributed by atoms with Crippen molar-refractivity contribution in [2.45, 2.75) is 54.0 Å². The molecule has 2 aromatic heterocycles. The standard InChI is InChI=1S/C19H26N2O3S/c1-12(2)6-7-21-13(3)8-17(14(21)4)18(22)10-24-19(23)9-16-11-25-15(5)20-16/h8,11-12H,6-7,9-10H2,1-5H3. The number of aromatic nitrogens is 2. The van der Waals surface area contributed by atoms with Gasteiger partial charge in [-0.1, -0.05) is 13.8 Å². The third kappa shape index (κ3) is 5.26. The third-order valence-electron chi connectivity index (χ3n) is 4.16. The van der Waals surface area contributed by atoms with Gasteiger partial charge in [-0.15, -0.1) is 11.3 Å². The molecule has 5 nitrogen and oxygen atoms in total. The fourth-order valence-electron chi connectivity index (χ4n) is 2.73. The monoisotopic (exact) mass is 362 g/mol. The molecular formula is C19H26N2O3S. The van der Waals surface area contributed by atoms with Crippen molar-refractivity contribution in [3.63, 3.8) is 0 Å². The van der Waals surface area contributed by atoms with Crippen molar-refractivity contribution >= 4 is 23.1 Å². The summed E-state index contributed by atoms with van der Waals surface area (Å²) >= 11 is 1.49. The molecule has 0 aromatic carbocycles. The summed E-state index contributed by atoms with van der Waals surface area (Å²) in [6.45, 7) is 10.9. The van der Waals surface area contributed by atoms with Crippen LogP contribution in [0.3, 0.4) is 0 Å². The van der Waals surface area contributed by atoms with Gasteiger partial charge in [0.2, 0.25) is 5.78 Å². The summed E-state index contributed by atoms with van der Waals surface area (Å²) in [7, 11) is 0. The molecule has 0 saturated carbocycles. The topological polar surface area (TPSA) is 61.2 Å². The molecule has 0 atom stereocenters. The van der Waals surface area contributed by atoms with Gasteiger partial charge in [-0.25, -0.2) is 4.98 Å². The summed E-state index contributed by atoms with van der Waals surface area (Å²) < 4.78 is 7.30. The number of esters is 1. The Hall–Kier alpha value is -1.95. The van der Waals surface area contributed by atoms with Gasteiger partial charge < -0.3 is 9.30 Å². The summed E-state index contributed by atoms with van der Waals surface area (Å²) in [6.07, 6.45) is 1.16. The SMILES string of the molecule is Cc1nc(CC(=O)OCC(=O)c2cc(C)n(CCC(C)C)c2C)cs1. The van der Waals surface area contributed by atoms with Crippen molar-refractivity contribution in [2.75, 3.05) is 6.61 Å². The van der Waals surface area contributed by atoms with Gasteiger partial charge in [-0.3, -0.25) is 9.59 Å². The van der Waals surface area contributed by atoms with Crippen LogP contribution in [-0.4, -0.2) is 27.9 Å². The molecule has 25 heavy (non-hydrogen) atoms. The van der Waals surface area contributed by atoms with E-state index in [2.05, 4.69) is 23.4 Å². The smallest absolute Gasteiger partial charge is 0.312 e. The number of Topliss-reactive ketones (excluding diaryl/α,β-unsaturated/α-hetero) is 1. The van der Waals surface area contributed by atoms with Gasteiger partial charge in [-0.2, -0.15) is 0 Å². The van der Waals surface area contributed by atoms with Crippen molar-refractivity contribution in [3.8, 4) is 0 Å². The number of ketones is 1. The molecule has 0 saturated heterocycles. The van der Waals surface area contributed by atoms with E-state index < -0.39 is 5.97 Å². The number of carbonyl (C=O) groups excluding carboxylic acids is 2. The van der Waals surface area contributed by atoms with Crippen LogP contribution >= 0.6 is 11.3 Å². The maximum absolute atomic E-state index is 12.4. The van der Waals surface area contributed by atoms with Crippen molar-refractivity contribution in [3.05, 3.63) is 39.1 Å². The van der Waals surface area contributed by atoms with Crippen molar-refractivity contribution in [2.24, 2.45) is 5.92 Å². The first kappa shape index (κ1) is 19.4. The molecule has 0 N–H and O–H groups in total. The van der Waals surface area contributed by atoms with E-state index in [9.17, 15) is 9.59 Å². The number of hydrogen-bond donors (Lipinski definition) is 0. The molecule has 0 aliphatic rings. The van der Waals surface area contributed by atoms with Crippen LogP contribution in [0.25, 0.3) is 0 Å². The maximum Gasteiger partial charge on any atom is 0.312 e. The zero-order chi connectivity index (χ0) is 18.6. The van der Waals surface area contributed by atoms with Gasteiger partial charge in [-0.05, 0) is 39.2 Å². The summed E-state index contributed by atoms with van der Waals surface area (Å²) in [5, 5.41) is 2.74. The van der Waals surface area contributed by atoms with Crippen molar-refractivity contribution < 1.29 is 14.3 Å². The number of aryl methyl sites for hydroxylation is 2. The lowest BCUT2D eigenvalue weighted by atomic mass is 10.1. The highest BCUT2D eigenvalue weighted by Crippen LogP contribution is 2.18. The second kappa shape index (κ2) is 8.43. The average molecular weight is 362 g/mol. The zero-order valence-electron chi connectivity index (χ0n) is 15.6. The Morgan fingerprint density at radius 2 is 2.00 bits per heavy atom. The highest BCUT2D eigenvalue weighted by Gasteiger charge is 2.18. The van der Waals surface area contributed by atoms with Gasteiger partial charge in [0, 0.05) is 28.9 Å². The normalized spacial score (nSPS) is 11.1. The summed E-state index contributed by atoms with van der Waals surface area (Å²) in [6, 6.07) is 1.88. The molecule has 0 spiro atoms. The van der Waals surface area contributed by atoms with E-state index in [0.29, 0.717) is 17.2 Å². The number of rotatable bonds is 8. The van der Waals surface area contributed by atoms with Crippen LogP contribution in [0, 0.1) is 26.7 Å². The Morgan fingerprint density at radius 1 is 1.28 bits per heavy atom. The first-order valence-corrected chi connectivity index (χ1v) is 9.42. The zero-order valence-corrected chi connectivity index (χ0v) is 16.4. The predicted molar refractivity (Wildman–Crippen MR) is 99.2 cm³/mol. The van der Waals surface area contributed by atoms with Crippen LogP contribution in [0.1, 0.15) is 52.7 Å². The number of hydrogen-bond acceptors (Lipinski definition) is 5. The summed E-state index contributed by atoms with van der Waals surface area (Å²) in [4.78, 5) is 28.5. The van der Waals surface area contributed by atoms with E-state index in [1.807, 2.05) is 32.2 Å². The Labute approximate surface area is 153 Å². The Balaban J connectivity index is 1.94. The highest BCUT2D eigenvalue weighted by molar-refractivity contribution is 7.09. The number of carbonyl (C=O) groups is 2. The van der Waals surface area contributed by atoms with Gasteiger partial charge in [0.05, 0.1) is 17.1 Å². The molecule has 6 heteroatoms. The second-order valence-corrected chi connectivity index (χ2v) is 7.80. The molecule has 2 rings (SSSR count). The molecule has 0 aliphatic carbocycles. The minimum absolute atomic E-state index is 0.102. The van der Waals surface area contributed by atoms with Crippen LogP contribution < -0.4 is 0 Å². The van der Waals surface area contributed by atoms with Crippen LogP contribution in [0.2, 0.25) is 0 Å². The Morgan fingerprint density at radius 3 is 2.60 bits per heavy atom. The molecule has 0 bridgehead atoms. The molecule has 0 fully saturated rings. The third-order valence-corrected chi connectivity index (χ3v) is 4.98. The minimum atomic E-state index is -0.424. The number of thiazole rings is 1. The van der Waals surface area contributed by atoms with Crippen LogP contribution in [0.5, 0.6) is 0 Å². The van der Waals surface area contributed by atoms with Gasteiger partial charge >= 0.3 is 5.97 Å². The molecule has 0 radical (unpaired) electrons. The van der Waals surface area contributed by atoms with E-state index in [-0.39, 0.29) is 18.8 Å². The maximum atomic E-state index is 12.4. The van der Waals surface area contributed by atoms with Crippen molar-refractivity contribution in [1.82, 2.24) is 9.55 Å². The fourth-order valence-corrected chi connectivity index (χ4v) is 3.34. The molecule has 0 unspecified atom stereocenters. The predicted octanol–water partition coefficient (Wildman–Crippen LogP) is 3.88. The van der Waals surface area contributed by atoms with Gasteiger partial charge in [0.15, 0.2) is 6.61 Å². The summed E-state index contributed by atoms with van der Waals surface area (Å²) in [5.41, 5.74) is 3.32. The lowest BCUT2D eigenvalue weighted by Gasteiger charge is -2.11. The Bertz CT molecular complexity index is 759. The molecular weight excluding hydrogens is 336 g/mol. The van der Waals surface area contributed by atoms with Crippen LogP contribution in [-0.2, 0) is 22.5 Å². The van der Waals surface area contributed by atoms with E-state index >= 15 is 0 Å². The quantitative estimate of drug-likeness (QED) is 0.528. The van der Waals surface area contributed by atoms with E-state index in [0.717, 1.165) is 29.4 Å². The molecule has 2 aromatic rings. The summed E-state index contributed by atoms with van der Waals surface area (Å²) in [5.74, 6) is 0.0228. The van der Waals surface area contributed by atoms with Crippen LogP contribution in [0.4, 0.5) is 0 Å². The fraction of sp³-hybridized carbons (Fsp3) is 0.526. The average Bonchev–Trinajstić information content (AvgIpc) is 3.06. The Kier molecular flexibility index (Phi) is 6.53. The van der Waals surface area contributed by atoms with Gasteiger partial charge in [0.25, 0.3) is 0 Å². The minimum Gasteiger partial charge on any atom is -0.457 e.